The van der Waals surface area contributed by atoms with Crippen molar-refractivity contribution < 1.29 is 24.2 Å². The summed E-state index contributed by atoms with van der Waals surface area (Å²) in [4.78, 5) is 36.3. The molecule has 3 aromatic rings. The van der Waals surface area contributed by atoms with Crippen molar-refractivity contribution in [3.05, 3.63) is 89.3 Å². The van der Waals surface area contributed by atoms with Gasteiger partial charge in [-0.05, 0) is 29.2 Å². The number of ether oxygens (including phenoxy) is 1. The molecule has 1 aliphatic rings. The average Bonchev–Trinajstić information content (AvgIpc) is 3.42. The Hall–Kier alpha value is -4.40. The third-order valence-electron chi connectivity index (χ3n) is 5.94. The van der Waals surface area contributed by atoms with Crippen molar-refractivity contribution in [1.82, 2.24) is 20.4 Å². The predicted molar refractivity (Wildman–Crippen MR) is 129 cm³/mol. The van der Waals surface area contributed by atoms with Gasteiger partial charge in [0, 0.05) is 36.8 Å². The fraction of sp³-hybridized carbons (Fsp3) is 0.231. The van der Waals surface area contributed by atoms with Crippen molar-refractivity contribution in [2.24, 2.45) is 7.05 Å². The topological polar surface area (TPSA) is 123 Å². The number of fused-ring (bicyclic) bond motifs is 3. The van der Waals surface area contributed by atoms with Crippen LogP contribution in [-0.2, 0) is 21.4 Å². The van der Waals surface area contributed by atoms with E-state index in [4.69, 9.17) is 4.74 Å². The molecule has 0 bridgehead atoms. The van der Waals surface area contributed by atoms with E-state index in [1.807, 2.05) is 36.4 Å². The van der Waals surface area contributed by atoms with E-state index in [9.17, 15) is 19.5 Å². The van der Waals surface area contributed by atoms with Crippen LogP contribution in [0, 0.1) is 0 Å². The molecule has 0 spiro atoms. The summed E-state index contributed by atoms with van der Waals surface area (Å²) in [5.74, 6) is -1.80. The average molecular weight is 475 g/mol. The predicted octanol–water partition coefficient (Wildman–Crippen LogP) is 3.15. The number of carbonyl (C=O) groups excluding carboxylic acids is 2. The molecule has 1 aliphatic carbocycles. The van der Waals surface area contributed by atoms with Crippen molar-refractivity contribution in [3.63, 3.8) is 0 Å². The number of aryl methyl sites for hydroxylation is 1. The fourth-order valence-electron chi connectivity index (χ4n) is 4.15. The van der Waals surface area contributed by atoms with Crippen molar-refractivity contribution in [2.45, 2.75) is 18.9 Å². The molecule has 2 amide bonds. The third kappa shape index (κ3) is 5.24. The molecule has 4 rings (SSSR count). The molecule has 0 saturated carbocycles. The van der Waals surface area contributed by atoms with Crippen LogP contribution in [0.15, 0.2) is 72.6 Å². The number of carboxylic acid groups (broad SMARTS) is 1. The molecule has 35 heavy (non-hydrogen) atoms. The lowest BCUT2D eigenvalue weighted by Crippen LogP contribution is -2.34. The van der Waals surface area contributed by atoms with Gasteiger partial charge in [-0.1, -0.05) is 54.6 Å². The Kier molecular flexibility index (Phi) is 6.96. The van der Waals surface area contributed by atoms with Gasteiger partial charge < -0.3 is 20.5 Å². The maximum atomic E-state index is 12.4. The first-order chi connectivity index (χ1) is 16.8. The summed E-state index contributed by atoms with van der Waals surface area (Å²) in [6.07, 6.45) is 3.81. The van der Waals surface area contributed by atoms with Crippen LogP contribution in [0.3, 0.4) is 0 Å². The summed E-state index contributed by atoms with van der Waals surface area (Å²) in [5, 5.41) is 18.4. The Morgan fingerprint density at radius 3 is 2.31 bits per heavy atom. The minimum Gasteiger partial charge on any atom is -0.479 e. The first kappa shape index (κ1) is 23.7. The standard InChI is InChI=1S/C26H26N4O5/c1-16(24(31)29-23(25(32)33)17-13-28-30(2)14-17)11-12-27-26(34)35-15-22-20-9-5-3-7-18(20)19-8-4-6-10-21(19)22/h3-11,13-14,22-23H,12,15H2,1-2H3,(H,27,34)(H,29,31)(H,32,33)/b16-11+. The Morgan fingerprint density at radius 2 is 1.74 bits per heavy atom. The van der Waals surface area contributed by atoms with Crippen LogP contribution in [0.5, 0.6) is 0 Å². The number of benzene rings is 2. The van der Waals surface area contributed by atoms with Crippen LogP contribution in [-0.4, -0.2) is 46.0 Å². The van der Waals surface area contributed by atoms with Crippen LogP contribution in [0.2, 0.25) is 0 Å². The number of carbonyl (C=O) groups is 3. The maximum Gasteiger partial charge on any atom is 0.407 e. The molecular weight excluding hydrogens is 448 g/mol. The highest BCUT2D eigenvalue weighted by Crippen LogP contribution is 2.44. The molecule has 0 aliphatic heterocycles. The van der Waals surface area contributed by atoms with Gasteiger partial charge in [0.15, 0.2) is 6.04 Å². The fourth-order valence-corrected chi connectivity index (χ4v) is 4.15. The van der Waals surface area contributed by atoms with Crippen LogP contribution < -0.4 is 10.6 Å². The zero-order chi connectivity index (χ0) is 24.9. The smallest absolute Gasteiger partial charge is 0.407 e. The number of aliphatic carboxylic acids is 1. The van der Waals surface area contributed by atoms with E-state index in [2.05, 4.69) is 27.9 Å². The molecule has 180 valence electrons. The second kappa shape index (κ2) is 10.3. The number of amides is 2. The van der Waals surface area contributed by atoms with E-state index < -0.39 is 24.0 Å². The number of hydrogen-bond donors (Lipinski definition) is 3. The summed E-state index contributed by atoms with van der Waals surface area (Å²) < 4.78 is 6.93. The summed E-state index contributed by atoms with van der Waals surface area (Å²) in [6, 6.07) is 14.9. The number of hydrogen-bond acceptors (Lipinski definition) is 5. The highest BCUT2D eigenvalue weighted by atomic mass is 16.5. The molecular formula is C26H26N4O5. The Labute approximate surface area is 202 Å². The third-order valence-corrected chi connectivity index (χ3v) is 5.94. The van der Waals surface area contributed by atoms with E-state index in [-0.39, 0.29) is 24.6 Å². The number of rotatable bonds is 8. The minimum absolute atomic E-state index is 0.0448. The maximum absolute atomic E-state index is 12.4. The van der Waals surface area contributed by atoms with Gasteiger partial charge in [-0.15, -0.1) is 0 Å². The second-order valence-electron chi connectivity index (χ2n) is 8.29. The van der Waals surface area contributed by atoms with E-state index in [0.29, 0.717) is 5.56 Å². The molecule has 1 atom stereocenters. The van der Waals surface area contributed by atoms with E-state index >= 15 is 0 Å². The normalized spacial score (nSPS) is 13.5. The van der Waals surface area contributed by atoms with Gasteiger partial charge in [0.25, 0.3) is 0 Å². The lowest BCUT2D eigenvalue weighted by molar-refractivity contribution is -0.141. The number of nitrogens with one attached hydrogen (secondary N) is 2. The Bertz CT molecular complexity index is 1250. The highest BCUT2D eigenvalue weighted by molar-refractivity contribution is 5.95. The van der Waals surface area contributed by atoms with Gasteiger partial charge in [0.1, 0.15) is 6.61 Å². The molecule has 3 N–H and O–H groups in total. The van der Waals surface area contributed by atoms with Gasteiger partial charge >= 0.3 is 12.1 Å². The van der Waals surface area contributed by atoms with Crippen LogP contribution >= 0.6 is 0 Å². The molecule has 0 saturated heterocycles. The van der Waals surface area contributed by atoms with Crippen molar-refractivity contribution in [3.8, 4) is 11.1 Å². The van der Waals surface area contributed by atoms with Gasteiger partial charge in [0.05, 0.1) is 6.20 Å². The molecule has 1 heterocycles. The Balaban J connectivity index is 1.30. The monoisotopic (exact) mass is 474 g/mol. The molecule has 0 fully saturated rings. The number of aromatic nitrogens is 2. The summed E-state index contributed by atoms with van der Waals surface area (Å²) in [7, 11) is 1.66. The quantitative estimate of drug-likeness (QED) is 0.431. The van der Waals surface area contributed by atoms with Gasteiger partial charge in [-0.25, -0.2) is 9.59 Å². The zero-order valence-electron chi connectivity index (χ0n) is 19.4. The zero-order valence-corrected chi connectivity index (χ0v) is 19.4. The molecule has 0 radical (unpaired) electrons. The van der Waals surface area contributed by atoms with Crippen LogP contribution in [0.4, 0.5) is 4.79 Å². The lowest BCUT2D eigenvalue weighted by Gasteiger charge is -2.14. The van der Waals surface area contributed by atoms with E-state index in [1.54, 1.807) is 7.05 Å². The summed E-state index contributed by atoms with van der Waals surface area (Å²) in [5.41, 5.74) is 5.16. The first-order valence-electron chi connectivity index (χ1n) is 11.1. The highest BCUT2D eigenvalue weighted by Gasteiger charge is 2.29. The molecule has 1 aromatic heterocycles. The number of alkyl carbamates (subject to hydrolysis) is 1. The second-order valence-corrected chi connectivity index (χ2v) is 8.29. The van der Waals surface area contributed by atoms with Crippen molar-refractivity contribution in [1.29, 1.82) is 0 Å². The molecule has 9 heteroatoms. The minimum atomic E-state index is -1.23. The molecule has 9 nitrogen and oxygen atoms in total. The summed E-state index contributed by atoms with van der Waals surface area (Å²) in [6.45, 7) is 1.78. The number of carboxylic acids is 1. The number of nitrogens with zero attached hydrogens (tertiary/aromatic N) is 2. The van der Waals surface area contributed by atoms with Gasteiger partial charge in [0.2, 0.25) is 5.91 Å². The van der Waals surface area contributed by atoms with Crippen LogP contribution in [0.1, 0.15) is 35.6 Å². The van der Waals surface area contributed by atoms with Gasteiger partial charge in [-0.2, -0.15) is 5.10 Å². The molecule has 1 unspecified atom stereocenters. The van der Waals surface area contributed by atoms with Crippen LogP contribution in [0.25, 0.3) is 11.1 Å². The van der Waals surface area contributed by atoms with E-state index in [1.165, 1.54) is 30.1 Å². The summed E-state index contributed by atoms with van der Waals surface area (Å²) >= 11 is 0. The first-order valence-corrected chi connectivity index (χ1v) is 11.1. The Morgan fingerprint density at radius 1 is 1.11 bits per heavy atom. The van der Waals surface area contributed by atoms with Gasteiger partial charge in [-0.3, -0.25) is 9.48 Å². The van der Waals surface area contributed by atoms with Crippen molar-refractivity contribution in [2.75, 3.05) is 13.2 Å². The van der Waals surface area contributed by atoms with Crippen molar-refractivity contribution >= 4 is 18.0 Å². The van der Waals surface area contributed by atoms with E-state index in [0.717, 1.165) is 22.3 Å². The largest absolute Gasteiger partial charge is 0.479 e. The lowest BCUT2D eigenvalue weighted by atomic mass is 9.98. The SMILES string of the molecule is C/C(=C\CNC(=O)OCC1c2ccccc2-c2ccccc21)C(=O)NC(C(=O)O)c1cnn(C)c1. The molecule has 2 aromatic carbocycles.